The molecule has 1 saturated heterocycles. The molecule has 2 atom stereocenters. The molecule has 2 rings (SSSR count). The number of anilines is 1. The Balaban J connectivity index is 2.09. The average molecular weight is 208 g/mol. The summed E-state index contributed by atoms with van der Waals surface area (Å²) in [6.45, 7) is 4.29. The van der Waals surface area contributed by atoms with Crippen molar-refractivity contribution in [2.75, 3.05) is 18.0 Å². The summed E-state index contributed by atoms with van der Waals surface area (Å²) in [7, 11) is 2.04. The molecule has 15 heavy (non-hydrogen) atoms. The average Bonchev–Trinajstić information content (AvgIpc) is 2.65. The second-order valence-corrected chi connectivity index (χ2v) is 4.41. The molecule has 2 N–H and O–H groups in total. The van der Waals surface area contributed by atoms with Gasteiger partial charge in [0.2, 0.25) is 5.95 Å². The van der Waals surface area contributed by atoms with E-state index in [-0.39, 0.29) is 0 Å². The molecular weight excluding hydrogens is 188 g/mol. The minimum atomic E-state index is 0.367. The lowest BCUT2D eigenvalue weighted by Crippen LogP contribution is -2.47. The third-order valence-electron chi connectivity index (χ3n) is 3.40. The molecule has 0 aliphatic carbocycles. The molecule has 0 bridgehead atoms. The zero-order valence-corrected chi connectivity index (χ0v) is 9.56. The van der Waals surface area contributed by atoms with Crippen molar-refractivity contribution >= 4 is 5.95 Å². The summed E-state index contributed by atoms with van der Waals surface area (Å²) in [5.74, 6) is 1.68. The van der Waals surface area contributed by atoms with Gasteiger partial charge in [0, 0.05) is 38.6 Å². The van der Waals surface area contributed by atoms with Crippen LogP contribution in [0.5, 0.6) is 0 Å². The molecule has 84 valence electrons. The van der Waals surface area contributed by atoms with E-state index < -0.39 is 0 Å². The number of imidazole rings is 1. The van der Waals surface area contributed by atoms with Crippen LogP contribution >= 0.6 is 0 Å². The molecule has 0 amide bonds. The fraction of sp³-hybridized carbons (Fsp3) is 0.727. The van der Waals surface area contributed by atoms with Crippen LogP contribution in [0.3, 0.4) is 0 Å². The van der Waals surface area contributed by atoms with Crippen LogP contribution in [-0.2, 0) is 7.05 Å². The van der Waals surface area contributed by atoms with E-state index in [9.17, 15) is 0 Å². The summed E-state index contributed by atoms with van der Waals surface area (Å²) in [5.41, 5.74) is 6.09. The van der Waals surface area contributed by atoms with E-state index in [4.69, 9.17) is 5.73 Å². The summed E-state index contributed by atoms with van der Waals surface area (Å²) < 4.78 is 2.07. The zero-order valence-electron chi connectivity index (χ0n) is 9.56. The molecule has 1 aliphatic heterocycles. The summed E-state index contributed by atoms with van der Waals surface area (Å²) in [6.07, 6.45) is 6.07. The summed E-state index contributed by atoms with van der Waals surface area (Å²) in [4.78, 5) is 6.73. The maximum absolute atomic E-state index is 6.09. The normalized spacial score (nSPS) is 27.0. The predicted octanol–water partition coefficient (Wildman–Crippen LogP) is 0.984. The highest BCUT2D eigenvalue weighted by molar-refractivity contribution is 5.32. The van der Waals surface area contributed by atoms with Crippen molar-refractivity contribution in [2.45, 2.75) is 25.8 Å². The van der Waals surface area contributed by atoms with Gasteiger partial charge in [-0.15, -0.1) is 0 Å². The van der Waals surface area contributed by atoms with E-state index in [1.54, 1.807) is 0 Å². The molecule has 4 heteroatoms. The van der Waals surface area contributed by atoms with Crippen LogP contribution in [0.4, 0.5) is 5.95 Å². The topological polar surface area (TPSA) is 47.1 Å². The van der Waals surface area contributed by atoms with E-state index in [0.29, 0.717) is 12.0 Å². The SMILES string of the molecule is CCC1CN(c2nccn2C)CCC1N. The number of rotatable bonds is 2. The highest BCUT2D eigenvalue weighted by atomic mass is 15.3. The van der Waals surface area contributed by atoms with Gasteiger partial charge >= 0.3 is 0 Å². The number of nitrogens with two attached hydrogens (primary N) is 1. The molecule has 2 unspecified atom stereocenters. The van der Waals surface area contributed by atoms with Gasteiger partial charge in [-0.3, -0.25) is 0 Å². The third-order valence-corrected chi connectivity index (χ3v) is 3.40. The summed E-state index contributed by atoms with van der Waals surface area (Å²) >= 11 is 0. The molecule has 0 aromatic carbocycles. The monoisotopic (exact) mass is 208 g/mol. The van der Waals surface area contributed by atoms with Crippen LogP contribution in [0.25, 0.3) is 0 Å². The Morgan fingerprint density at radius 3 is 3.00 bits per heavy atom. The molecule has 1 fully saturated rings. The van der Waals surface area contributed by atoms with Gasteiger partial charge in [0.05, 0.1) is 0 Å². The van der Waals surface area contributed by atoms with Crippen LogP contribution in [0.1, 0.15) is 19.8 Å². The first-order valence-corrected chi connectivity index (χ1v) is 5.70. The summed E-state index contributed by atoms with van der Waals surface area (Å²) in [6, 6.07) is 0.367. The smallest absolute Gasteiger partial charge is 0.205 e. The molecule has 0 radical (unpaired) electrons. The number of nitrogens with zero attached hydrogens (tertiary/aromatic N) is 3. The number of aromatic nitrogens is 2. The Kier molecular flexibility index (Phi) is 2.95. The highest BCUT2D eigenvalue weighted by Gasteiger charge is 2.26. The Morgan fingerprint density at radius 1 is 1.60 bits per heavy atom. The lowest BCUT2D eigenvalue weighted by Gasteiger charge is -2.37. The van der Waals surface area contributed by atoms with Gasteiger partial charge in [-0.25, -0.2) is 4.98 Å². The van der Waals surface area contributed by atoms with Crippen molar-refractivity contribution in [3.8, 4) is 0 Å². The lowest BCUT2D eigenvalue weighted by atomic mass is 9.91. The largest absolute Gasteiger partial charge is 0.342 e. The van der Waals surface area contributed by atoms with Gasteiger partial charge in [-0.05, 0) is 12.3 Å². The first-order valence-electron chi connectivity index (χ1n) is 5.70. The molecule has 4 nitrogen and oxygen atoms in total. The van der Waals surface area contributed by atoms with Gasteiger partial charge in [-0.2, -0.15) is 0 Å². The Labute approximate surface area is 91.1 Å². The van der Waals surface area contributed by atoms with Crippen LogP contribution in [0, 0.1) is 5.92 Å². The zero-order chi connectivity index (χ0) is 10.8. The van der Waals surface area contributed by atoms with Crippen LogP contribution < -0.4 is 10.6 Å². The Morgan fingerprint density at radius 2 is 2.40 bits per heavy atom. The van der Waals surface area contributed by atoms with Crippen molar-refractivity contribution < 1.29 is 0 Å². The third kappa shape index (κ3) is 2.00. The molecule has 1 aromatic heterocycles. The van der Waals surface area contributed by atoms with E-state index in [1.807, 2.05) is 19.4 Å². The first kappa shape index (κ1) is 10.5. The summed E-state index contributed by atoms with van der Waals surface area (Å²) in [5, 5.41) is 0. The van der Waals surface area contributed by atoms with E-state index >= 15 is 0 Å². The number of hydrogen-bond donors (Lipinski definition) is 1. The van der Waals surface area contributed by atoms with Crippen molar-refractivity contribution in [1.82, 2.24) is 9.55 Å². The maximum atomic E-state index is 6.09. The van der Waals surface area contributed by atoms with Crippen LogP contribution in [0.2, 0.25) is 0 Å². The van der Waals surface area contributed by atoms with Gasteiger partial charge in [0.25, 0.3) is 0 Å². The second kappa shape index (κ2) is 4.23. The molecule has 0 saturated carbocycles. The quantitative estimate of drug-likeness (QED) is 0.788. The fourth-order valence-electron chi connectivity index (χ4n) is 2.33. The molecule has 1 aliphatic rings. The van der Waals surface area contributed by atoms with Crippen LogP contribution in [0.15, 0.2) is 12.4 Å². The van der Waals surface area contributed by atoms with Crippen molar-refractivity contribution in [2.24, 2.45) is 18.7 Å². The van der Waals surface area contributed by atoms with E-state index in [2.05, 4.69) is 21.4 Å². The molecule has 1 aromatic rings. The Bertz CT molecular complexity index is 320. The number of hydrogen-bond acceptors (Lipinski definition) is 3. The van der Waals surface area contributed by atoms with Gasteiger partial charge < -0.3 is 15.2 Å². The molecular formula is C11H20N4. The number of aryl methyl sites for hydroxylation is 1. The van der Waals surface area contributed by atoms with E-state index in [1.165, 1.54) is 0 Å². The first-order chi connectivity index (χ1) is 7.22. The minimum Gasteiger partial charge on any atom is -0.342 e. The van der Waals surface area contributed by atoms with Gasteiger partial charge in [-0.1, -0.05) is 13.3 Å². The second-order valence-electron chi connectivity index (χ2n) is 4.41. The molecule has 2 heterocycles. The standard InChI is InChI=1S/C11H20N4/c1-3-9-8-15(6-4-10(9)12)11-13-5-7-14(11)2/h5,7,9-10H,3-4,6,8,12H2,1-2H3. The highest BCUT2D eigenvalue weighted by Crippen LogP contribution is 2.22. The van der Waals surface area contributed by atoms with Gasteiger partial charge in [0.15, 0.2) is 0 Å². The Hall–Kier alpha value is -1.03. The van der Waals surface area contributed by atoms with E-state index in [0.717, 1.165) is 31.9 Å². The minimum absolute atomic E-state index is 0.367. The van der Waals surface area contributed by atoms with Crippen molar-refractivity contribution in [1.29, 1.82) is 0 Å². The molecule has 0 spiro atoms. The van der Waals surface area contributed by atoms with Gasteiger partial charge in [0.1, 0.15) is 0 Å². The number of piperidine rings is 1. The van der Waals surface area contributed by atoms with Crippen molar-refractivity contribution in [3.63, 3.8) is 0 Å². The van der Waals surface area contributed by atoms with Crippen LogP contribution in [-0.4, -0.2) is 28.7 Å². The lowest BCUT2D eigenvalue weighted by molar-refractivity contribution is 0.344. The maximum Gasteiger partial charge on any atom is 0.205 e. The van der Waals surface area contributed by atoms with Crippen molar-refractivity contribution in [3.05, 3.63) is 12.4 Å². The predicted molar refractivity (Wildman–Crippen MR) is 61.8 cm³/mol. The fourth-order valence-corrected chi connectivity index (χ4v) is 2.33.